The van der Waals surface area contributed by atoms with Crippen molar-refractivity contribution in [2.75, 3.05) is 25.0 Å². The van der Waals surface area contributed by atoms with E-state index in [0.29, 0.717) is 18.0 Å². The number of nitrogens with zero attached hydrogens (tertiary/aromatic N) is 1. The zero-order valence-corrected chi connectivity index (χ0v) is 15.2. The van der Waals surface area contributed by atoms with E-state index in [2.05, 4.69) is 17.6 Å². The molecule has 1 aromatic carbocycles. The van der Waals surface area contributed by atoms with Crippen LogP contribution in [0.3, 0.4) is 0 Å². The summed E-state index contributed by atoms with van der Waals surface area (Å²) in [6.07, 6.45) is 2.29. The number of nitrogens with one attached hydrogen (secondary N) is 2. The fraction of sp³-hybridized carbons (Fsp3) is 0.579. The number of benzene rings is 1. The van der Waals surface area contributed by atoms with E-state index in [4.69, 9.17) is 0 Å². The number of carbonyl (C=O) groups excluding carboxylic acids is 2. The summed E-state index contributed by atoms with van der Waals surface area (Å²) in [5.41, 5.74) is 1.21. The molecule has 0 aliphatic carbocycles. The maximum Gasteiger partial charge on any atom is 0.251 e. The van der Waals surface area contributed by atoms with Crippen LogP contribution in [0.15, 0.2) is 24.3 Å². The predicted molar refractivity (Wildman–Crippen MR) is 97.1 cm³/mol. The van der Waals surface area contributed by atoms with Gasteiger partial charge in [0.1, 0.15) is 0 Å². The van der Waals surface area contributed by atoms with Gasteiger partial charge in [-0.1, -0.05) is 6.92 Å². The van der Waals surface area contributed by atoms with Crippen molar-refractivity contribution >= 4 is 17.5 Å². The minimum atomic E-state index is -0.258. The van der Waals surface area contributed by atoms with Crippen molar-refractivity contribution in [3.63, 3.8) is 0 Å². The summed E-state index contributed by atoms with van der Waals surface area (Å²) < 4.78 is 0. The maximum atomic E-state index is 12.2. The minimum Gasteiger partial charge on any atom is -0.376 e. The highest BCUT2D eigenvalue weighted by Gasteiger charge is 2.20. The number of amides is 2. The number of likely N-dealkylation sites (tertiary alicyclic amines) is 1. The Bertz CT molecular complexity index is 575. The SMILES string of the molecule is CC1CCCN(C(=O)CNc2ccc(C(=O)NC(C)(C)C)cc2)C1. The van der Waals surface area contributed by atoms with Crippen LogP contribution >= 0.6 is 0 Å². The number of carbonyl (C=O) groups is 2. The van der Waals surface area contributed by atoms with E-state index in [1.165, 1.54) is 6.42 Å². The smallest absolute Gasteiger partial charge is 0.251 e. The first-order valence-corrected chi connectivity index (χ1v) is 8.69. The highest BCUT2D eigenvalue weighted by atomic mass is 16.2. The molecule has 1 atom stereocenters. The van der Waals surface area contributed by atoms with Gasteiger partial charge in [0.15, 0.2) is 0 Å². The second-order valence-electron chi connectivity index (χ2n) is 7.72. The largest absolute Gasteiger partial charge is 0.376 e. The molecule has 1 aliphatic rings. The molecule has 1 heterocycles. The first kappa shape index (κ1) is 18.3. The highest BCUT2D eigenvalue weighted by Crippen LogP contribution is 2.16. The topological polar surface area (TPSA) is 61.4 Å². The summed E-state index contributed by atoms with van der Waals surface area (Å²) in [6.45, 7) is 10.0. The van der Waals surface area contributed by atoms with Crippen LogP contribution < -0.4 is 10.6 Å². The molecule has 0 bridgehead atoms. The molecule has 0 radical (unpaired) electrons. The Morgan fingerprint density at radius 2 is 1.88 bits per heavy atom. The summed E-state index contributed by atoms with van der Waals surface area (Å²) >= 11 is 0. The van der Waals surface area contributed by atoms with E-state index in [0.717, 1.165) is 25.2 Å². The van der Waals surface area contributed by atoms with Crippen molar-refractivity contribution in [3.05, 3.63) is 29.8 Å². The van der Waals surface area contributed by atoms with Crippen molar-refractivity contribution in [1.82, 2.24) is 10.2 Å². The van der Waals surface area contributed by atoms with Crippen LogP contribution in [-0.4, -0.2) is 41.9 Å². The third-order valence-electron chi connectivity index (χ3n) is 4.09. The van der Waals surface area contributed by atoms with Crippen LogP contribution in [0.1, 0.15) is 50.9 Å². The van der Waals surface area contributed by atoms with Crippen molar-refractivity contribution in [1.29, 1.82) is 0 Å². The molecular weight excluding hydrogens is 302 g/mol. The molecule has 1 unspecified atom stereocenters. The molecule has 132 valence electrons. The van der Waals surface area contributed by atoms with E-state index in [1.54, 1.807) is 12.1 Å². The predicted octanol–water partition coefficient (Wildman–Crippen LogP) is 2.89. The van der Waals surface area contributed by atoms with Gasteiger partial charge < -0.3 is 15.5 Å². The molecule has 1 saturated heterocycles. The Kier molecular flexibility index (Phi) is 5.86. The summed E-state index contributed by atoms with van der Waals surface area (Å²) in [6, 6.07) is 7.22. The average Bonchev–Trinajstić information content (AvgIpc) is 2.51. The molecule has 24 heavy (non-hydrogen) atoms. The zero-order valence-electron chi connectivity index (χ0n) is 15.2. The number of rotatable bonds is 4. The van der Waals surface area contributed by atoms with Crippen molar-refractivity contribution < 1.29 is 9.59 Å². The molecule has 0 spiro atoms. The molecule has 1 aromatic rings. The number of hydrogen-bond donors (Lipinski definition) is 2. The number of anilines is 1. The Hall–Kier alpha value is -2.04. The molecule has 2 N–H and O–H groups in total. The van der Waals surface area contributed by atoms with Crippen molar-refractivity contribution in [2.45, 2.75) is 46.1 Å². The van der Waals surface area contributed by atoms with Gasteiger partial charge in [-0.25, -0.2) is 0 Å². The van der Waals surface area contributed by atoms with Crippen LogP contribution in [0, 0.1) is 5.92 Å². The molecule has 1 aliphatic heterocycles. The Morgan fingerprint density at radius 1 is 1.21 bits per heavy atom. The lowest BCUT2D eigenvalue weighted by Crippen LogP contribution is -2.42. The van der Waals surface area contributed by atoms with E-state index in [9.17, 15) is 9.59 Å². The van der Waals surface area contributed by atoms with Gasteiger partial charge in [-0.05, 0) is 63.8 Å². The lowest BCUT2D eigenvalue weighted by molar-refractivity contribution is -0.130. The third kappa shape index (κ3) is 5.55. The second-order valence-corrected chi connectivity index (χ2v) is 7.72. The summed E-state index contributed by atoms with van der Waals surface area (Å²) in [5, 5.41) is 6.08. The Morgan fingerprint density at radius 3 is 2.46 bits per heavy atom. The fourth-order valence-corrected chi connectivity index (χ4v) is 2.86. The van der Waals surface area contributed by atoms with Crippen LogP contribution in [-0.2, 0) is 4.79 Å². The molecule has 5 nitrogen and oxygen atoms in total. The van der Waals surface area contributed by atoms with Crippen LogP contribution in [0.5, 0.6) is 0 Å². The molecule has 0 aromatic heterocycles. The standard InChI is InChI=1S/C19H29N3O2/c1-14-6-5-11-22(13-14)17(23)12-20-16-9-7-15(8-10-16)18(24)21-19(2,3)4/h7-10,14,20H,5-6,11-13H2,1-4H3,(H,21,24). The van der Waals surface area contributed by atoms with E-state index >= 15 is 0 Å². The van der Waals surface area contributed by atoms with Crippen LogP contribution in [0.4, 0.5) is 5.69 Å². The van der Waals surface area contributed by atoms with Crippen LogP contribution in [0.25, 0.3) is 0 Å². The van der Waals surface area contributed by atoms with E-state index < -0.39 is 0 Å². The monoisotopic (exact) mass is 331 g/mol. The summed E-state index contributed by atoms with van der Waals surface area (Å²) in [4.78, 5) is 26.3. The third-order valence-corrected chi connectivity index (χ3v) is 4.09. The van der Waals surface area contributed by atoms with Gasteiger partial charge in [-0.15, -0.1) is 0 Å². The molecular formula is C19H29N3O2. The highest BCUT2D eigenvalue weighted by molar-refractivity contribution is 5.95. The minimum absolute atomic E-state index is 0.0903. The van der Waals surface area contributed by atoms with Gasteiger partial charge in [0, 0.05) is 29.9 Å². The van der Waals surface area contributed by atoms with Gasteiger partial charge >= 0.3 is 0 Å². The van der Waals surface area contributed by atoms with Crippen molar-refractivity contribution in [2.24, 2.45) is 5.92 Å². The van der Waals surface area contributed by atoms with Gasteiger partial charge in [0.05, 0.1) is 6.54 Å². The molecule has 2 amide bonds. The summed E-state index contributed by atoms with van der Waals surface area (Å²) in [7, 11) is 0. The quantitative estimate of drug-likeness (QED) is 0.892. The lowest BCUT2D eigenvalue weighted by Gasteiger charge is -2.31. The van der Waals surface area contributed by atoms with Gasteiger partial charge in [-0.2, -0.15) is 0 Å². The second kappa shape index (κ2) is 7.69. The van der Waals surface area contributed by atoms with Crippen molar-refractivity contribution in [3.8, 4) is 0 Å². The first-order valence-electron chi connectivity index (χ1n) is 8.69. The molecule has 5 heteroatoms. The maximum absolute atomic E-state index is 12.2. The summed E-state index contributed by atoms with van der Waals surface area (Å²) in [5.74, 6) is 0.631. The van der Waals surface area contributed by atoms with E-state index in [-0.39, 0.29) is 17.4 Å². The van der Waals surface area contributed by atoms with Crippen LogP contribution in [0.2, 0.25) is 0 Å². The first-order chi connectivity index (χ1) is 11.2. The fourth-order valence-electron chi connectivity index (χ4n) is 2.86. The molecule has 0 saturated carbocycles. The number of piperidine rings is 1. The molecule has 1 fully saturated rings. The number of hydrogen-bond acceptors (Lipinski definition) is 3. The van der Waals surface area contributed by atoms with Gasteiger partial charge in [0.2, 0.25) is 5.91 Å². The Balaban J connectivity index is 1.85. The molecule has 2 rings (SSSR count). The lowest BCUT2D eigenvalue weighted by atomic mass is 10.0. The zero-order chi connectivity index (χ0) is 17.7. The normalized spacial score (nSPS) is 18.2. The van der Waals surface area contributed by atoms with Gasteiger partial charge in [0.25, 0.3) is 5.91 Å². The average molecular weight is 331 g/mol. The van der Waals surface area contributed by atoms with E-state index in [1.807, 2.05) is 37.8 Å². The van der Waals surface area contributed by atoms with Gasteiger partial charge in [-0.3, -0.25) is 9.59 Å². The Labute approximate surface area is 144 Å².